The molecule has 5 nitrogen and oxygen atoms in total. The maximum absolute atomic E-state index is 12.8. The molecule has 1 aliphatic heterocycles. The van der Waals surface area contributed by atoms with Crippen LogP contribution in [0.2, 0.25) is 0 Å². The lowest BCUT2D eigenvalue weighted by molar-refractivity contribution is -0.116. The predicted octanol–water partition coefficient (Wildman–Crippen LogP) is 4.79. The Morgan fingerprint density at radius 1 is 0.968 bits per heavy atom. The number of quaternary nitrogens is 1. The van der Waals surface area contributed by atoms with Crippen LogP contribution in [0.1, 0.15) is 11.1 Å². The number of hydrogen-bond acceptors (Lipinski definition) is 4. The highest BCUT2D eigenvalue weighted by molar-refractivity contribution is 8.02. The molecule has 1 fully saturated rings. The van der Waals surface area contributed by atoms with Crippen LogP contribution in [0.3, 0.4) is 0 Å². The number of carbonyl (C=O) groups is 1. The Morgan fingerprint density at radius 2 is 1.55 bits per heavy atom. The number of nitrogens with zero attached hydrogens (tertiary/aromatic N) is 2. The van der Waals surface area contributed by atoms with Crippen LogP contribution in [0.15, 0.2) is 84.9 Å². The van der Waals surface area contributed by atoms with Gasteiger partial charge < -0.3 is 9.45 Å². The van der Waals surface area contributed by atoms with Gasteiger partial charge in [-0.1, -0.05) is 66.7 Å². The Kier molecular flexibility index (Phi) is 6.79. The van der Waals surface area contributed by atoms with Gasteiger partial charge in [0.15, 0.2) is 16.0 Å². The molecule has 3 aromatic rings. The summed E-state index contributed by atoms with van der Waals surface area (Å²) in [5.74, 6) is 0.255. The highest BCUT2D eigenvalue weighted by Gasteiger charge is 2.36. The molecule has 160 valence electrons. The Labute approximate surface area is 193 Å². The van der Waals surface area contributed by atoms with Crippen molar-refractivity contribution in [3.05, 3.63) is 96.1 Å². The normalized spacial score (nSPS) is 17.7. The van der Waals surface area contributed by atoms with Gasteiger partial charge in [0, 0.05) is 23.3 Å². The lowest BCUT2D eigenvalue weighted by Gasteiger charge is -2.38. The summed E-state index contributed by atoms with van der Waals surface area (Å²) >= 11 is 4.93. The van der Waals surface area contributed by atoms with Crippen molar-refractivity contribution >= 4 is 51.9 Å². The van der Waals surface area contributed by atoms with Crippen LogP contribution < -0.4 is 8.79 Å². The van der Waals surface area contributed by atoms with Crippen LogP contribution in [0.4, 0.5) is 11.4 Å². The van der Waals surface area contributed by atoms with Gasteiger partial charge in [-0.25, -0.2) is 8.10 Å². The van der Waals surface area contributed by atoms with Gasteiger partial charge in [-0.2, -0.15) is 0 Å². The highest BCUT2D eigenvalue weighted by Crippen LogP contribution is 2.37. The minimum atomic E-state index is -2.49. The third-order valence-electron chi connectivity index (χ3n) is 5.27. The van der Waals surface area contributed by atoms with Crippen molar-refractivity contribution in [2.24, 2.45) is 0 Å². The minimum absolute atomic E-state index is 0.184. The molecule has 1 aliphatic rings. The fourth-order valence-electron chi connectivity index (χ4n) is 3.70. The monoisotopic (exact) mass is 472 g/mol. The minimum Gasteiger partial charge on any atom is -0.724 e. The van der Waals surface area contributed by atoms with E-state index in [0.717, 1.165) is 11.1 Å². The number of anilines is 1. The number of hydrogen-bond donors (Lipinski definition) is 0. The molecular weight excluding hydrogens is 452 g/mol. The molecule has 0 N–H and O–H groups in total. The molecule has 1 heterocycles. The maximum Gasteiger partial charge on any atom is 0.256 e. The highest BCUT2D eigenvalue weighted by atomic mass is 35.5. The summed E-state index contributed by atoms with van der Waals surface area (Å²) in [6, 6.07) is 26.3. The number of rotatable bonds is 7. The number of amides is 1. The topological polar surface area (TPSA) is 60.4 Å². The summed E-state index contributed by atoms with van der Waals surface area (Å²) in [7, 11) is 0. The number of carbonyl (C=O) groups excluding carboxylic acids is 1. The Bertz CT molecular complexity index is 1040. The second kappa shape index (κ2) is 9.54. The molecule has 0 spiro atoms. The second-order valence-electron chi connectivity index (χ2n) is 7.29. The van der Waals surface area contributed by atoms with E-state index in [9.17, 15) is 13.6 Å². The molecule has 2 unspecified atom stereocenters. The number of halogens is 1. The molecule has 2 atom stereocenters. The smallest absolute Gasteiger partial charge is 0.256 e. The first-order valence-corrected chi connectivity index (χ1v) is 12.2. The molecule has 0 aromatic heterocycles. The van der Waals surface area contributed by atoms with Gasteiger partial charge in [-0.3, -0.25) is 4.79 Å². The molecule has 0 radical (unpaired) electrons. The van der Waals surface area contributed by atoms with E-state index in [0.29, 0.717) is 17.3 Å². The summed E-state index contributed by atoms with van der Waals surface area (Å²) in [6.45, 7) is 0.520. The lowest BCUT2D eigenvalue weighted by Crippen LogP contribution is -2.49. The Balaban J connectivity index is 1.81. The molecule has 31 heavy (non-hydrogen) atoms. The molecule has 0 bridgehead atoms. The molecule has 0 aliphatic carbocycles. The van der Waals surface area contributed by atoms with Crippen molar-refractivity contribution in [3.8, 4) is 0 Å². The maximum atomic E-state index is 12.8. The van der Waals surface area contributed by atoms with Gasteiger partial charge in [-0.15, -0.1) is 23.4 Å². The van der Waals surface area contributed by atoms with Crippen molar-refractivity contribution in [1.29, 1.82) is 0 Å². The van der Waals surface area contributed by atoms with Crippen molar-refractivity contribution in [1.82, 2.24) is 3.89 Å². The van der Waals surface area contributed by atoms with Crippen LogP contribution in [0.25, 0.3) is 0 Å². The SMILES string of the molecule is O=C1C(Cl)SCN1c1cccc([N+](Cc2ccccc2)(Cc2ccccc2)S(=O)[O-])c1. The van der Waals surface area contributed by atoms with Crippen LogP contribution in [-0.2, 0) is 29.2 Å². The first-order valence-electron chi connectivity index (χ1n) is 9.72. The fraction of sp³-hybridized carbons (Fsp3) is 0.174. The van der Waals surface area contributed by atoms with Crippen molar-refractivity contribution < 1.29 is 13.6 Å². The largest absolute Gasteiger partial charge is 0.724 e. The molecular formula is C23H21ClN2O3S2. The summed E-state index contributed by atoms with van der Waals surface area (Å²) in [5.41, 5.74) is 3.05. The zero-order valence-electron chi connectivity index (χ0n) is 16.6. The molecule has 8 heteroatoms. The third-order valence-corrected chi connectivity index (χ3v) is 7.78. The quantitative estimate of drug-likeness (QED) is 0.282. The zero-order chi connectivity index (χ0) is 21.8. The number of alkyl halides is 1. The molecule has 1 saturated heterocycles. The third kappa shape index (κ3) is 4.71. The van der Waals surface area contributed by atoms with Crippen LogP contribution >= 0.6 is 23.4 Å². The van der Waals surface area contributed by atoms with Crippen LogP contribution in [-0.4, -0.2) is 25.3 Å². The standard InChI is InChI=1S/C23H21ClN2O3S2/c24-22-23(27)25(17-30-22)20-12-7-13-21(14-20)26(31(28)29,15-18-8-3-1-4-9-18)16-19-10-5-2-6-11-19/h1-14,22H,15-17H2. The lowest BCUT2D eigenvalue weighted by atomic mass is 10.1. The average molecular weight is 473 g/mol. The second-order valence-corrected chi connectivity index (χ2v) is 10.2. The van der Waals surface area contributed by atoms with E-state index in [1.165, 1.54) is 11.8 Å². The van der Waals surface area contributed by atoms with E-state index in [1.54, 1.807) is 23.1 Å². The van der Waals surface area contributed by atoms with Crippen LogP contribution in [0, 0.1) is 0 Å². The van der Waals surface area contributed by atoms with E-state index in [2.05, 4.69) is 0 Å². The van der Waals surface area contributed by atoms with Gasteiger partial charge in [0.2, 0.25) is 0 Å². The summed E-state index contributed by atoms with van der Waals surface area (Å²) < 4.78 is 24.8. The van der Waals surface area contributed by atoms with Gasteiger partial charge in [0.05, 0.1) is 11.6 Å². The van der Waals surface area contributed by atoms with Crippen molar-refractivity contribution in [2.75, 3.05) is 10.8 Å². The first-order chi connectivity index (χ1) is 15.0. The molecule has 1 amide bonds. The van der Waals surface area contributed by atoms with E-state index in [-0.39, 0.29) is 22.9 Å². The van der Waals surface area contributed by atoms with E-state index < -0.39 is 16.0 Å². The van der Waals surface area contributed by atoms with Gasteiger partial charge >= 0.3 is 0 Å². The zero-order valence-corrected chi connectivity index (χ0v) is 19.0. The van der Waals surface area contributed by atoms with E-state index >= 15 is 0 Å². The van der Waals surface area contributed by atoms with Gasteiger partial charge in [0.1, 0.15) is 18.8 Å². The molecule has 4 rings (SSSR count). The van der Waals surface area contributed by atoms with Crippen molar-refractivity contribution in [3.63, 3.8) is 0 Å². The van der Waals surface area contributed by atoms with Crippen molar-refractivity contribution in [2.45, 2.75) is 17.8 Å². The molecule has 0 saturated carbocycles. The fourth-order valence-corrected chi connectivity index (χ4v) is 5.61. The first kappa shape index (κ1) is 22.0. The Hall–Kier alpha value is -2.16. The molecule has 3 aromatic carbocycles. The van der Waals surface area contributed by atoms with Crippen LogP contribution in [0.5, 0.6) is 0 Å². The summed E-state index contributed by atoms with van der Waals surface area (Å²) in [4.78, 5) is 14.0. The van der Waals surface area contributed by atoms with E-state index in [4.69, 9.17) is 11.6 Å². The predicted molar refractivity (Wildman–Crippen MR) is 127 cm³/mol. The number of benzene rings is 3. The van der Waals surface area contributed by atoms with Gasteiger partial charge in [-0.05, 0) is 6.07 Å². The van der Waals surface area contributed by atoms with Gasteiger partial charge in [0.25, 0.3) is 5.91 Å². The van der Waals surface area contributed by atoms with E-state index in [1.807, 2.05) is 66.7 Å². The Morgan fingerprint density at radius 3 is 2.03 bits per heavy atom. The average Bonchev–Trinajstić information content (AvgIpc) is 3.13. The summed E-state index contributed by atoms with van der Waals surface area (Å²) in [6.07, 6.45) is 0. The number of thioether (sulfide) groups is 1. The summed E-state index contributed by atoms with van der Waals surface area (Å²) in [5, 5.41) is 0.